The topological polar surface area (TPSA) is 51.0 Å². The lowest BCUT2D eigenvalue weighted by Crippen LogP contribution is -2.36. The third-order valence-electron chi connectivity index (χ3n) is 5.55. The van der Waals surface area contributed by atoms with E-state index in [9.17, 15) is 4.79 Å². The fourth-order valence-electron chi connectivity index (χ4n) is 3.85. The molecule has 2 aromatic heterocycles. The molecule has 0 atom stereocenters. The Labute approximate surface area is 173 Å². The number of carbonyl (C=O) groups is 1. The standard InChI is InChI=1S/C24H32N4O/c1-16(2)27(15-20-10-8-7-9-11-20)23(29)13-12-21-18(5)22-14-25-28(17(3)4)24(22)26-19(21)6/h7-11,14,16-17H,12-13,15H2,1-6H3. The smallest absolute Gasteiger partial charge is 0.223 e. The number of nitrogens with zero attached hydrogens (tertiary/aromatic N) is 4. The van der Waals surface area contributed by atoms with Crippen molar-refractivity contribution in [2.75, 3.05) is 0 Å². The molecule has 0 saturated carbocycles. The summed E-state index contributed by atoms with van der Waals surface area (Å²) in [4.78, 5) is 19.8. The van der Waals surface area contributed by atoms with Crippen LogP contribution in [0.5, 0.6) is 0 Å². The molecule has 29 heavy (non-hydrogen) atoms. The van der Waals surface area contributed by atoms with E-state index in [0.29, 0.717) is 19.4 Å². The van der Waals surface area contributed by atoms with Crippen LogP contribution in [0.1, 0.15) is 62.5 Å². The minimum absolute atomic E-state index is 0.162. The van der Waals surface area contributed by atoms with E-state index in [1.54, 1.807) is 0 Å². The molecule has 3 rings (SSSR count). The number of carbonyl (C=O) groups excluding carboxylic acids is 1. The minimum Gasteiger partial charge on any atom is -0.336 e. The Morgan fingerprint density at radius 3 is 2.41 bits per heavy atom. The predicted octanol–water partition coefficient (Wildman–Crippen LogP) is 5.00. The Morgan fingerprint density at radius 1 is 1.10 bits per heavy atom. The highest BCUT2D eigenvalue weighted by Gasteiger charge is 2.20. The number of hydrogen-bond donors (Lipinski definition) is 0. The first-order valence-corrected chi connectivity index (χ1v) is 10.5. The molecule has 0 saturated heterocycles. The van der Waals surface area contributed by atoms with Crippen molar-refractivity contribution in [3.8, 4) is 0 Å². The Balaban J connectivity index is 1.79. The van der Waals surface area contributed by atoms with Gasteiger partial charge in [-0.1, -0.05) is 30.3 Å². The van der Waals surface area contributed by atoms with Crippen LogP contribution in [-0.2, 0) is 17.8 Å². The average molecular weight is 393 g/mol. The van der Waals surface area contributed by atoms with E-state index in [0.717, 1.165) is 27.9 Å². The normalized spacial score (nSPS) is 11.6. The van der Waals surface area contributed by atoms with Gasteiger partial charge in [0.2, 0.25) is 5.91 Å². The molecule has 154 valence electrons. The largest absolute Gasteiger partial charge is 0.336 e. The van der Waals surface area contributed by atoms with Gasteiger partial charge in [0.15, 0.2) is 5.65 Å². The summed E-state index contributed by atoms with van der Waals surface area (Å²) in [5.74, 6) is 0.181. The van der Waals surface area contributed by atoms with Gasteiger partial charge in [0.1, 0.15) is 0 Å². The van der Waals surface area contributed by atoms with E-state index in [1.807, 2.05) is 40.9 Å². The summed E-state index contributed by atoms with van der Waals surface area (Å²) in [6.07, 6.45) is 3.08. The van der Waals surface area contributed by atoms with Crippen molar-refractivity contribution < 1.29 is 4.79 Å². The van der Waals surface area contributed by atoms with Crippen molar-refractivity contribution in [1.82, 2.24) is 19.7 Å². The van der Waals surface area contributed by atoms with E-state index >= 15 is 0 Å². The highest BCUT2D eigenvalue weighted by atomic mass is 16.2. The number of aryl methyl sites for hydroxylation is 2. The fraction of sp³-hybridized carbons (Fsp3) is 0.458. The van der Waals surface area contributed by atoms with Crippen molar-refractivity contribution in [2.45, 2.75) is 73.0 Å². The summed E-state index contributed by atoms with van der Waals surface area (Å²) >= 11 is 0. The third kappa shape index (κ3) is 4.50. The van der Waals surface area contributed by atoms with Gasteiger partial charge in [-0.3, -0.25) is 4.79 Å². The van der Waals surface area contributed by atoms with Gasteiger partial charge < -0.3 is 4.90 Å². The molecule has 0 aliphatic rings. The van der Waals surface area contributed by atoms with Gasteiger partial charge in [-0.05, 0) is 64.7 Å². The molecule has 0 unspecified atom stereocenters. The highest BCUT2D eigenvalue weighted by Crippen LogP contribution is 2.25. The van der Waals surface area contributed by atoms with Gasteiger partial charge in [-0.15, -0.1) is 0 Å². The van der Waals surface area contributed by atoms with Crippen molar-refractivity contribution in [2.24, 2.45) is 0 Å². The first-order chi connectivity index (χ1) is 13.8. The van der Waals surface area contributed by atoms with E-state index in [-0.39, 0.29) is 18.0 Å². The van der Waals surface area contributed by atoms with Crippen LogP contribution in [-0.4, -0.2) is 31.6 Å². The van der Waals surface area contributed by atoms with Crippen LogP contribution in [0.3, 0.4) is 0 Å². The van der Waals surface area contributed by atoms with Gasteiger partial charge in [0.05, 0.1) is 6.20 Å². The quantitative estimate of drug-likeness (QED) is 0.569. The Bertz CT molecular complexity index is 989. The maximum atomic E-state index is 13.0. The predicted molar refractivity (Wildman–Crippen MR) is 118 cm³/mol. The van der Waals surface area contributed by atoms with Crippen LogP contribution in [0.4, 0.5) is 0 Å². The summed E-state index contributed by atoms with van der Waals surface area (Å²) in [6.45, 7) is 13.2. The molecule has 1 aromatic carbocycles. The average Bonchev–Trinajstić information content (AvgIpc) is 3.10. The first kappa shape index (κ1) is 21.0. The number of aromatic nitrogens is 3. The molecule has 1 amide bonds. The van der Waals surface area contributed by atoms with E-state index in [4.69, 9.17) is 4.98 Å². The van der Waals surface area contributed by atoms with Gasteiger partial charge in [0, 0.05) is 36.1 Å². The summed E-state index contributed by atoms with van der Waals surface area (Å²) < 4.78 is 1.96. The minimum atomic E-state index is 0.162. The lowest BCUT2D eigenvalue weighted by Gasteiger charge is -2.27. The van der Waals surface area contributed by atoms with E-state index < -0.39 is 0 Å². The van der Waals surface area contributed by atoms with Crippen molar-refractivity contribution in [1.29, 1.82) is 0 Å². The molecule has 0 radical (unpaired) electrons. The van der Waals surface area contributed by atoms with Gasteiger partial charge in [-0.25, -0.2) is 9.67 Å². The Kier molecular flexibility index (Phi) is 6.36. The number of amides is 1. The third-order valence-corrected chi connectivity index (χ3v) is 5.55. The van der Waals surface area contributed by atoms with Gasteiger partial charge in [-0.2, -0.15) is 5.10 Å². The van der Waals surface area contributed by atoms with Crippen molar-refractivity contribution in [3.63, 3.8) is 0 Å². The molecule has 0 aliphatic heterocycles. The summed E-state index contributed by atoms with van der Waals surface area (Å²) in [7, 11) is 0. The maximum Gasteiger partial charge on any atom is 0.223 e. The first-order valence-electron chi connectivity index (χ1n) is 10.5. The summed E-state index contributed by atoms with van der Waals surface area (Å²) in [5.41, 5.74) is 5.43. The van der Waals surface area contributed by atoms with Gasteiger partial charge in [0.25, 0.3) is 0 Å². The highest BCUT2D eigenvalue weighted by molar-refractivity contribution is 5.81. The molecular weight excluding hydrogens is 360 g/mol. The second-order valence-electron chi connectivity index (χ2n) is 8.32. The molecule has 0 fully saturated rings. The molecule has 0 spiro atoms. The molecular formula is C24H32N4O. The zero-order valence-corrected chi connectivity index (χ0v) is 18.4. The zero-order valence-electron chi connectivity index (χ0n) is 18.4. The molecule has 2 heterocycles. The van der Waals surface area contributed by atoms with Crippen molar-refractivity contribution in [3.05, 3.63) is 58.9 Å². The Morgan fingerprint density at radius 2 is 1.79 bits per heavy atom. The van der Waals surface area contributed by atoms with E-state index in [1.165, 1.54) is 5.56 Å². The van der Waals surface area contributed by atoms with Crippen LogP contribution in [0.15, 0.2) is 36.5 Å². The molecule has 0 bridgehead atoms. The number of benzene rings is 1. The molecule has 5 nitrogen and oxygen atoms in total. The number of rotatable bonds is 7. The lowest BCUT2D eigenvalue weighted by molar-refractivity contribution is -0.133. The van der Waals surface area contributed by atoms with Gasteiger partial charge >= 0.3 is 0 Å². The zero-order chi connectivity index (χ0) is 21.1. The summed E-state index contributed by atoms with van der Waals surface area (Å²) in [6, 6.07) is 10.6. The lowest BCUT2D eigenvalue weighted by atomic mass is 10.00. The van der Waals surface area contributed by atoms with Crippen molar-refractivity contribution >= 4 is 16.9 Å². The van der Waals surface area contributed by atoms with Crippen LogP contribution in [0.2, 0.25) is 0 Å². The molecule has 0 N–H and O–H groups in total. The van der Waals surface area contributed by atoms with E-state index in [2.05, 4.69) is 51.9 Å². The molecule has 0 aliphatic carbocycles. The van der Waals surface area contributed by atoms with Crippen LogP contribution in [0.25, 0.3) is 11.0 Å². The number of fused-ring (bicyclic) bond motifs is 1. The van der Waals surface area contributed by atoms with Crippen LogP contribution in [0, 0.1) is 13.8 Å². The van der Waals surface area contributed by atoms with Crippen LogP contribution < -0.4 is 0 Å². The monoisotopic (exact) mass is 392 g/mol. The second kappa shape index (κ2) is 8.76. The number of pyridine rings is 1. The molecule has 5 heteroatoms. The number of hydrogen-bond acceptors (Lipinski definition) is 3. The summed E-state index contributed by atoms with van der Waals surface area (Å²) in [5, 5.41) is 5.59. The van der Waals surface area contributed by atoms with Crippen LogP contribution >= 0.6 is 0 Å². The second-order valence-corrected chi connectivity index (χ2v) is 8.32. The maximum absolute atomic E-state index is 13.0. The fourth-order valence-corrected chi connectivity index (χ4v) is 3.85. The Hall–Kier alpha value is -2.69. The molecule has 3 aromatic rings. The SMILES string of the molecule is Cc1nc2c(cnn2C(C)C)c(C)c1CCC(=O)N(Cc1ccccc1)C(C)C.